The summed E-state index contributed by atoms with van der Waals surface area (Å²) >= 11 is 0. The van der Waals surface area contributed by atoms with Gasteiger partial charge in [0.2, 0.25) is 11.1 Å². The van der Waals surface area contributed by atoms with Gasteiger partial charge in [-0.05, 0) is 47.9 Å². The second-order valence-electron chi connectivity index (χ2n) is 8.68. The Bertz CT molecular complexity index is 1740. The van der Waals surface area contributed by atoms with Crippen LogP contribution in [0.25, 0.3) is 11.0 Å². The number of aliphatic carboxylic acids is 1. The number of amides is 1. The van der Waals surface area contributed by atoms with Gasteiger partial charge in [-0.1, -0.05) is 17.7 Å². The van der Waals surface area contributed by atoms with Crippen molar-refractivity contribution in [2.24, 2.45) is 4.36 Å². The van der Waals surface area contributed by atoms with Crippen molar-refractivity contribution in [1.29, 1.82) is 0 Å². The van der Waals surface area contributed by atoms with Crippen LogP contribution >= 0.6 is 0 Å². The van der Waals surface area contributed by atoms with E-state index < -0.39 is 49.4 Å². The van der Waals surface area contributed by atoms with E-state index >= 15 is 0 Å². The molecule has 1 saturated heterocycles. The Kier molecular flexibility index (Phi) is 5.16. The number of hydrogen-bond donors (Lipinski definition) is 1. The maximum atomic E-state index is 13.0. The highest BCUT2D eigenvalue weighted by Gasteiger charge is 2.76. The van der Waals surface area contributed by atoms with Crippen LogP contribution in [0.15, 0.2) is 84.3 Å². The van der Waals surface area contributed by atoms with E-state index in [1.54, 1.807) is 37.3 Å². The summed E-state index contributed by atoms with van der Waals surface area (Å²) in [7, 11) is -5.12. The van der Waals surface area contributed by atoms with Crippen molar-refractivity contribution < 1.29 is 36.5 Å². The Balaban J connectivity index is 1.25. The molecule has 3 atom stereocenters. The first-order valence-electron chi connectivity index (χ1n) is 11.0. The lowest BCUT2D eigenvalue weighted by Gasteiger charge is -2.47. The Morgan fingerprint density at radius 2 is 1.92 bits per heavy atom. The van der Waals surface area contributed by atoms with Crippen LogP contribution in [0.3, 0.4) is 0 Å². The van der Waals surface area contributed by atoms with Crippen LogP contribution in [0.1, 0.15) is 5.56 Å². The van der Waals surface area contributed by atoms with Gasteiger partial charge in [0.25, 0.3) is 16.0 Å². The number of carbonyl (C=O) groups excluding carboxylic acids is 1. The number of aryl methyl sites for hydroxylation is 1. The molecule has 2 aromatic carbocycles. The lowest BCUT2D eigenvalue weighted by atomic mass is 10.0. The van der Waals surface area contributed by atoms with Crippen molar-refractivity contribution >= 4 is 43.7 Å². The molecule has 11 nitrogen and oxygen atoms in total. The van der Waals surface area contributed by atoms with Crippen LogP contribution in [0.4, 0.5) is 0 Å². The number of carbonyl (C=O) groups is 2. The predicted molar refractivity (Wildman–Crippen MR) is 130 cm³/mol. The minimum atomic E-state index is -4.27. The molecule has 0 aliphatic carbocycles. The molecule has 0 saturated carbocycles. The minimum absolute atomic E-state index is 0.105. The summed E-state index contributed by atoms with van der Waals surface area (Å²) in [6, 6.07) is 13.7. The fraction of sp³-hybridized carbons (Fsp3) is 0.208. The third-order valence-electron chi connectivity index (χ3n) is 6.27. The van der Waals surface area contributed by atoms with Crippen LogP contribution in [-0.4, -0.2) is 53.8 Å². The molecule has 3 aromatic rings. The zero-order valence-corrected chi connectivity index (χ0v) is 20.7. The summed E-state index contributed by atoms with van der Waals surface area (Å²) in [5, 5.41) is 10.6. The van der Waals surface area contributed by atoms with Crippen LogP contribution in [-0.2, 0) is 34.6 Å². The Hall–Kier alpha value is -3.81. The summed E-state index contributed by atoms with van der Waals surface area (Å²) in [6.07, 6.45) is -1.43. The molecule has 1 aromatic heterocycles. The number of carboxylic acids is 1. The number of ether oxygens (including phenoxy) is 1. The largest absolute Gasteiger partial charge is 0.489 e. The molecular weight excluding hydrogens is 524 g/mol. The Morgan fingerprint density at radius 1 is 1.19 bits per heavy atom. The van der Waals surface area contributed by atoms with Gasteiger partial charge in [0, 0.05) is 28.8 Å². The van der Waals surface area contributed by atoms with Crippen molar-refractivity contribution in [1.82, 2.24) is 4.90 Å². The first-order valence-corrected chi connectivity index (χ1v) is 13.8. The van der Waals surface area contributed by atoms with Gasteiger partial charge in [0.15, 0.2) is 0 Å². The second-order valence-corrected chi connectivity index (χ2v) is 12.0. The molecule has 1 N–H and O–H groups in total. The van der Waals surface area contributed by atoms with E-state index in [-0.39, 0.29) is 23.0 Å². The van der Waals surface area contributed by atoms with Crippen molar-refractivity contribution in [2.45, 2.75) is 22.9 Å². The molecule has 190 valence electrons. The molecule has 0 bridgehead atoms. The van der Waals surface area contributed by atoms with Gasteiger partial charge in [-0.2, -0.15) is 8.42 Å². The summed E-state index contributed by atoms with van der Waals surface area (Å²) < 4.78 is 46.1. The smallest absolute Gasteiger partial charge is 0.352 e. The molecule has 0 radical (unpaired) electrons. The standard InChI is InChI=1S/C24H18N2O9S2/c1-13-2-7-17(8-3-13)37(31,32)35-21-22(28)26-20(23(29)30)15(12-36-24(21,26)25-36)11-33-16-6-4-14-5-9-19(27)34-18(14)10-16/h2-10,21H,11-12H2,1H3,(H,29,30). The third kappa shape index (κ3) is 3.69. The van der Waals surface area contributed by atoms with Gasteiger partial charge in [-0.25, -0.2) is 18.1 Å². The van der Waals surface area contributed by atoms with Gasteiger partial charge in [-0.3, -0.25) is 9.69 Å². The lowest BCUT2D eigenvalue weighted by molar-refractivity contribution is -0.163. The maximum absolute atomic E-state index is 13.0. The van der Waals surface area contributed by atoms with Crippen LogP contribution in [0.2, 0.25) is 0 Å². The van der Waals surface area contributed by atoms with Crippen LogP contribution in [0, 0.1) is 6.92 Å². The van der Waals surface area contributed by atoms with Crippen molar-refractivity contribution in [3.05, 3.63) is 81.9 Å². The zero-order chi connectivity index (χ0) is 26.1. The molecule has 3 aliphatic heterocycles. The SMILES string of the molecule is Cc1ccc(S(=O)(=O)OC2C(=O)N3C(C(=O)O)=C(COc4ccc5ccc(=O)oc5c4)CS4=NC234)cc1. The number of carboxylic acid groups (broad SMARTS) is 1. The number of fused-ring (bicyclic) bond motifs is 1. The zero-order valence-electron chi connectivity index (χ0n) is 19.1. The quantitative estimate of drug-likeness (QED) is 0.268. The maximum Gasteiger partial charge on any atom is 0.352 e. The number of hydrogen-bond acceptors (Lipinski definition) is 9. The van der Waals surface area contributed by atoms with Crippen molar-refractivity contribution in [3.63, 3.8) is 0 Å². The molecule has 6 rings (SSSR count). The van der Waals surface area contributed by atoms with Gasteiger partial charge >= 0.3 is 11.6 Å². The first-order chi connectivity index (χ1) is 17.6. The Labute approximate surface area is 212 Å². The molecule has 3 aliphatic rings. The molecule has 1 spiro atoms. The van der Waals surface area contributed by atoms with Crippen LogP contribution < -0.4 is 10.4 Å². The van der Waals surface area contributed by atoms with E-state index in [2.05, 4.69) is 4.36 Å². The normalized spacial score (nSPS) is 24.1. The topological polar surface area (TPSA) is 153 Å². The summed E-state index contributed by atoms with van der Waals surface area (Å²) in [5.41, 5.74) is 0.684. The third-order valence-corrected chi connectivity index (χ3v) is 9.70. The van der Waals surface area contributed by atoms with Gasteiger partial charge in [0.1, 0.15) is 23.6 Å². The highest BCUT2D eigenvalue weighted by molar-refractivity contribution is 7.94. The molecule has 1 fully saturated rings. The van der Waals surface area contributed by atoms with E-state index in [9.17, 15) is 27.9 Å². The van der Waals surface area contributed by atoms with Crippen molar-refractivity contribution in [2.75, 3.05) is 12.4 Å². The van der Waals surface area contributed by atoms with E-state index in [1.807, 2.05) is 0 Å². The van der Waals surface area contributed by atoms with Crippen molar-refractivity contribution in [3.8, 4) is 5.75 Å². The Morgan fingerprint density at radius 3 is 2.65 bits per heavy atom. The van der Waals surface area contributed by atoms with E-state index in [1.165, 1.54) is 24.3 Å². The number of β-lactam (4-membered cyclic amide) rings is 1. The number of nitrogens with zero attached hydrogens (tertiary/aromatic N) is 2. The van der Waals surface area contributed by atoms with E-state index in [0.717, 1.165) is 10.5 Å². The average molecular weight is 543 g/mol. The highest BCUT2D eigenvalue weighted by Crippen LogP contribution is 2.56. The summed E-state index contributed by atoms with van der Waals surface area (Å²) in [6.45, 7) is 1.65. The van der Waals surface area contributed by atoms with Gasteiger partial charge < -0.3 is 14.3 Å². The predicted octanol–water partition coefficient (Wildman–Crippen LogP) is 1.92. The second kappa shape index (κ2) is 8.10. The molecule has 3 unspecified atom stereocenters. The molecular formula is C24H18N2O9S2. The molecule has 1 amide bonds. The first kappa shape index (κ1) is 23.6. The van der Waals surface area contributed by atoms with Gasteiger partial charge in [-0.15, -0.1) is 0 Å². The molecule has 4 heterocycles. The fourth-order valence-corrected chi connectivity index (χ4v) is 7.73. The summed E-state index contributed by atoms with van der Waals surface area (Å²) in [4.78, 5) is 36.2. The monoisotopic (exact) mass is 542 g/mol. The van der Waals surface area contributed by atoms with E-state index in [0.29, 0.717) is 22.3 Å². The van der Waals surface area contributed by atoms with E-state index in [4.69, 9.17) is 13.3 Å². The highest BCUT2D eigenvalue weighted by atomic mass is 32.2. The minimum Gasteiger partial charge on any atom is -0.489 e. The molecule has 37 heavy (non-hydrogen) atoms. The molecule has 13 heteroatoms. The summed E-state index contributed by atoms with van der Waals surface area (Å²) in [5.74, 6) is -1.64. The van der Waals surface area contributed by atoms with Crippen LogP contribution in [0.5, 0.6) is 5.75 Å². The number of benzene rings is 2. The number of rotatable bonds is 7. The van der Waals surface area contributed by atoms with Gasteiger partial charge in [0.05, 0.1) is 4.90 Å². The lowest BCUT2D eigenvalue weighted by Crippen LogP contribution is -2.72. The fourth-order valence-electron chi connectivity index (χ4n) is 4.39. The average Bonchev–Trinajstić information content (AvgIpc) is 3.61.